The predicted molar refractivity (Wildman–Crippen MR) is 73.3 cm³/mol. The van der Waals surface area contributed by atoms with E-state index in [-0.39, 0.29) is 0 Å². The maximum absolute atomic E-state index is 5.32. The third-order valence-electron chi connectivity index (χ3n) is 3.09. The van der Waals surface area contributed by atoms with Gasteiger partial charge in [-0.1, -0.05) is 13.8 Å². The lowest BCUT2D eigenvalue weighted by atomic mass is 10.2. The fourth-order valence-electron chi connectivity index (χ4n) is 2.27. The Hall–Kier alpha value is -1.40. The molecule has 3 N–H and O–H groups in total. The van der Waals surface area contributed by atoms with Gasteiger partial charge >= 0.3 is 0 Å². The number of nitrogen functional groups attached to an aromatic ring is 1. The number of hydrogen-bond acceptors (Lipinski definition) is 6. The number of hydrazine groups is 1. The molecule has 1 saturated heterocycles. The Balaban J connectivity index is 1.92. The summed E-state index contributed by atoms with van der Waals surface area (Å²) in [4.78, 5) is 13.2. The van der Waals surface area contributed by atoms with Crippen molar-refractivity contribution in [1.82, 2.24) is 14.9 Å². The summed E-state index contributed by atoms with van der Waals surface area (Å²) in [5, 5.41) is 0. The molecule has 0 unspecified atom stereocenters. The molecule has 2 rings (SSSR count). The van der Waals surface area contributed by atoms with E-state index in [1.54, 1.807) is 6.20 Å². The van der Waals surface area contributed by atoms with Crippen LogP contribution in [0.4, 0.5) is 11.8 Å². The molecule has 1 aliphatic heterocycles. The molecule has 2 heterocycles. The van der Waals surface area contributed by atoms with E-state index in [9.17, 15) is 0 Å². The molecule has 0 atom stereocenters. The first-order valence-electron chi connectivity index (χ1n) is 6.46. The van der Waals surface area contributed by atoms with E-state index in [0.29, 0.717) is 5.95 Å². The molecular weight excluding hydrogens is 228 g/mol. The number of nitrogens with zero attached hydrogens (tertiary/aromatic N) is 4. The maximum Gasteiger partial charge on any atom is 0.239 e. The Kier molecular flexibility index (Phi) is 4.33. The molecule has 1 fully saturated rings. The van der Waals surface area contributed by atoms with Crippen LogP contribution in [0.1, 0.15) is 13.8 Å². The molecule has 0 aliphatic carbocycles. The normalized spacial score (nSPS) is 17.2. The molecule has 0 bridgehead atoms. The van der Waals surface area contributed by atoms with Crippen molar-refractivity contribution in [2.75, 3.05) is 43.0 Å². The molecule has 1 aliphatic rings. The summed E-state index contributed by atoms with van der Waals surface area (Å²) in [5.74, 6) is 7.46. The minimum Gasteiger partial charge on any atom is -0.354 e. The Morgan fingerprint density at radius 1 is 1.33 bits per heavy atom. The van der Waals surface area contributed by atoms with Crippen molar-refractivity contribution < 1.29 is 0 Å². The highest BCUT2D eigenvalue weighted by Gasteiger charge is 2.18. The van der Waals surface area contributed by atoms with E-state index in [0.717, 1.165) is 37.9 Å². The molecule has 1 aromatic rings. The first-order valence-corrected chi connectivity index (χ1v) is 6.46. The molecule has 0 amide bonds. The topological polar surface area (TPSA) is 70.3 Å². The van der Waals surface area contributed by atoms with Crippen LogP contribution in [-0.4, -0.2) is 47.6 Å². The van der Waals surface area contributed by atoms with Crippen molar-refractivity contribution in [3.05, 3.63) is 12.3 Å². The van der Waals surface area contributed by atoms with E-state index in [1.165, 1.54) is 6.54 Å². The number of nitrogens with two attached hydrogens (primary N) is 1. The van der Waals surface area contributed by atoms with Crippen LogP contribution in [0.2, 0.25) is 0 Å². The van der Waals surface area contributed by atoms with E-state index < -0.39 is 0 Å². The zero-order valence-electron chi connectivity index (χ0n) is 11.1. The molecule has 6 nitrogen and oxygen atoms in total. The van der Waals surface area contributed by atoms with Gasteiger partial charge in [0.05, 0.1) is 0 Å². The lowest BCUT2D eigenvalue weighted by Gasteiger charge is -2.36. The van der Waals surface area contributed by atoms with Crippen LogP contribution in [0.3, 0.4) is 0 Å². The Bertz CT molecular complexity index is 373. The Labute approximate surface area is 108 Å². The fraction of sp³-hybridized carbons (Fsp3) is 0.667. The highest BCUT2D eigenvalue weighted by Crippen LogP contribution is 2.14. The largest absolute Gasteiger partial charge is 0.354 e. The molecule has 1 aromatic heterocycles. The number of aromatic nitrogens is 2. The lowest BCUT2D eigenvalue weighted by Crippen LogP contribution is -2.47. The summed E-state index contributed by atoms with van der Waals surface area (Å²) in [7, 11) is 0. The van der Waals surface area contributed by atoms with Gasteiger partial charge in [0.2, 0.25) is 5.95 Å². The third kappa shape index (κ3) is 3.30. The van der Waals surface area contributed by atoms with Crippen molar-refractivity contribution in [2.24, 2.45) is 11.8 Å². The Morgan fingerprint density at radius 3 is 2.67 bits per heavy atom. The van der Waals surface area contributed by atoms with Gasteiger partial charge in [-0.25, -0.2) is 10.8 Å². The number of anilines is 2. The minimum absolute atomic E-state index is 0.470. The van der Waals surface area contributed by atoms with Crippen molar-refractivity contribution in [1.29, 1.82) is 0 Å². The average Bonchev–Trinajstić information content (AvgIpc) is 2.39. The molecule has 18 heavy (non-hydrogen) atoms. The summed E-state index contributed by atoms with van der Waals surface area (Å²) in [6.07, 6.45) is 1.73. The predicted octanol–water partition coefficient (Wildman–Crippen LogP) is 0.540. The second kappa shape index (κ2) is 5.97. The van der Waals surface area contributed by atoms with Gasteiger partial charge < -0.3 is 4.90 Å². The quantitative estimate of drug-likeness (QED) is 0.600. The number of hydrogen-bond donors (Lipinski definition) is 2. The van der Waals surface area contributed by atoms with Crippen LogP contribution in [-0.2, 0) is 0 Å². The second-order valence-electron chi connectivity index (χ2n) is 5.06. The van der Waals surface area contributed by atoms with Crippen molar-refractivity contribution in [3.8, 4) is 0 Å². The number of nitrogens with one attached hydrogen (secondary N) is 1. The molecule has 0 radical (unpaired) electrons. The summed E-state index contributed by atoms with van der Waals surface area (Å²) in [6, 6.07) is 1.93. The molecular formula is C12H22N6. The van der Waals surface area contributed by atoms with Crippen molar-refractivity contribution in [3.63, 3.8) is 0 Å². The summed E-state index contributed by atoms with van der Waals surface area (Å²) >= 11 is 0. The zero-order valence-corrected chi connectivity index (χ0v) is 11.1. The summed E-state index contributed by atoms with van der Waals surface area (Å²) in [6.45, 7) is 9.89. The van der Waals surface area contributed by atoms with Gasteiger partial charge in [0, 0.05) is 38.9 Å². The fourth-order valence-corrected chi connectivity index (χ4v) is 2.27. The maximum atomic E-state index is 5.32. The molecule has 100 valence electrons. The zero-order chi connectivity index (χ0) is 13.0. The van der Waals surface area contributed by atoms with E-state index in [4.69, 9.17) is 5.84 Å². The number of piperazine rings is 1. The van der Waals surface area contributed by atoms with Gasteiger partial charge in [0.25, 0.3) is 0 Å². The lowest BCUT2D eigenvalue weighted by molar-refractivity contribution is 0.231. The standard InChI is InChI=1S/C12H22N6/c1-10(2)9-17-5-7-18(8-6-17)11-3-4-14-12(15-11)16-13/h3-4,10H,5-9,13H2,1-2H3,(H,14,15,16). The van der Waals surface area contributed by atoms with Gasteiger partial charge in [-0.3, -0.25) is 10.3 Å². The molecule has 6 heteroatoms. The van der Waals surface area contributed by atoms with Crippen LogP contribution < -0.4 is 16.2 Å². The van der Waals surface area contributed by atoms with Crippen LogP contribution in [0, 0.1) is 5.92 Å². The van der Waals surface area contributed by atoms with E-state index in [1.807, 2.05) is 6.07 Å². The van der Waals surface area contributed by atoms with E-state index >= 15 is 0 Å². The molecule has 0 spiro atoms. The summed E-state index contributed by atoms with van der Waals surface area (Å²) in [5.41, 5.74) is 2.48. The highest BCUT2D eigenvalue weighted by molar-refractivity contribution is 5.42. The molecule has 0 aromatic carbocycles. The van der Waals surface area contributed by atoms with Gasteiger partial charge in [0.1, 0.15) is 5.82 Å². The van der Waals surface area contributed by atoms with Gasteiger partial charge in [-0.05, 0) is 12.0 Å². The first-order chi connectivity index (χ1) is 8.69. The van der Waals surface area contributed by atoms with Crippen LogP contribution in [0.15, 0.2) is 12.3 Å². The van der Waals surface area contributed by atoms with Crippen LogP contribution in [0.25, 0.3) is 0 Å². The van der Waals surface area contributed by atoms with Gasteiger partial charge in [-0.2, -0.15) is 4.98 Å². The van der Waals surface area contributed by atoms with Crippen LogP contribution >= 0.6 is 0 Å². The van der Waals surface area contributed by atoms with Crippen molar-refractivity contribution in [2.45, 2.75) is 13.8 Å². The summed E-state index contributed by atoms with van der Waals surface area (Å²) < 4.78 is 0. The van der Waals surface area contributed by atoms with E-state index in [2.05, 4.69) is 39.0 Å². The highest BCUT2D eigenvalue weighted by atomic mass is 15.3. The minimum atomic E-state index is 0.470. The number of rotatable bonds is 4. The average molecular weight is 250 g/mol. The van der Waals surface area contributed by atoms with Gasteiger partial charge in [0.15, 0.2) is 0 Å². The first kappa shape index (κ1) is 13.0. The second-order valence-corrected chi connectivity index (χ2v) is 5.06. The monoisotopic (exact) mass is 250 g/mol. The van der Waals surface area contributed by atoms with Crippen molar-refractivity contribution >= 4 is 11.8 Å². The SMILES string of the molecule is CC(C)CN1CCN(c2ccnc(NN)n2)CC1. The van der Waals surface area contributed by atoms with Crippen LogP contribution in [0.5, 0.6) is 0 Å². The smallest absolute Gasteiger partial charge is 0.239 e. The molecule has 0 saturated carbocycles. The third-order valence-corrected chi connectivity index (χ3v) is 3.09. The van der Waals surface area contributed by atoms with Gasteiger partial charge in [-0.15, -0.1) is 0 Å². The Morgan fingerprint density at radius 2 is 2.06 bits per heavy atom.